The molecule has 0 unspecified atom stereocenters. The van der Waals surface area contributed by atoms with Gasteiger partial charge in [0.2, 0.25) is 0 Å². The van der Waals surface area contributed by atoms with Crippen LogP contribution in [0.1, 0.15) is 38.9 Å². The van der Waals surface area contributed by atoms with Gasteiger partial charge in [-0.3, -0.25) is 9.59 Å². The van der Waals surface area contributed by atoms with Crippen LogP contribution in [0.2, 0.25) is 5.02 Å². The summed E-state index contributed by atoms with van der Waals surface area (Å²) in [5, 5.41) is 6.45. The van der Waals surface area contributed by atoms with Gasteiger partial charge >= 0.3 is 0 Å². The summed E-state index contributed by atoms with van der Waals surface area (Å²) in [5.41, 5.74) is 3.08. The molecule has 0 fully saturated rings. The first-order valence-corrected chi connectivity index (χ1v) is 10.2. The number of benzene rings is 2. The van der Waals surface area contributed by atoms with Gasteiger partial charge in [-0.1, -0.05) is 36.7 Å². The van der Waals surface area contributed by atoms with Crippen molar-refractivity contribution in [1.29, 1.82) is 0 Å². The molecule has 2 amide bonds. The zero-order chi connectivity index (χ0) is 20.1. The molecule has 0 saturated carbocycles. The maximum atomic E-state index is 12.7. The normalized spacial score (nSPS) is 10.5. The van der Waals surface area contributed by atoms with Crippen LogP contribution in [0, 0.1) is 6.92 Å². The van der Waals surface area contributed by atoms with Gasteiger partial charge in [0.25, 0.3) is 11.8 Å². The summed E-state index contributed by atoms with van der Waals surface area (Å²) < 4.78 is 0. The van der Waals surface area contributed by atoms with Crippen LogP contribution in [0.3, 0.4) is 0 Å². The maximum absolute atomic E-state index is 12.7. The van der Waals surface area contributed by atoms with Crippen molar-refractivity contribution in [3.05, 3.63) is 75.6 Å². The number of anilines is 1. The summed E-state index contributed by atoms with van der Waals surface area (Å²) in [6, 6.07) is 16.6. The summed E-state index contributed by atoms with van der Waals surface area (Å²) in [6.07, 6.45) is 0.871. The first-order valence-electron chi connectivity index (χ1n) is 9.04. The number of nitrogens with one attached hydrogen (secondary N) is 2. The van der Waals surface area contributed by atoms with Gasteiger partial charge in [-0.05, 0) is 60.9 Å². The number of halogens is 1. The predicted octanol–water partition coefficient (Wildman–Crippen LogP) is 5.77. The summed E-state index contributed by atoms with van der Waals surface area (Å²) in [7, 11) is 0. The molecule has 144 valence electrons. The van der Waals surface area contributed by atoms with Gasteiger partial charge in [0.05, 0.1) is 4.88 Å². The van der Waals surface area contributed by atoms with E-state index in [4.69, 9.17) is 11.6 Å². The minimum Gasteiger partial charge on any atom is -0.352 e. The smallest absolute Gasteiger partial charge is 0.265 e. The lowest BCUT2D eigenvalue weighted by molar-refractivity contribution is 0.0952. The molecule has 1 heterocycles. The summed E-state index contributed by atoms with van der Waals surface area (Å²) in [4.78, 5) is 26.5. The van der Waals surface area contributed by atoms with Crippen LogP contribution in [0.4, 0.5) is 5.69 Å². The van der Waals surface area contributed by atoms with E-state index in [-0.39, 0.29) is 11.8 Å². The lowest BCUT2D eigenvalue weighted by Gasteiger charge is -2.10. The van der Waals surface area contributed by atoms with E-state index in [0.29, 0.717) is 27.7 Å². The number of aryl methyl sites for hydroxylation is 1. The number of hydrogen-bond donors (Lipinski definition) is 2. The molecule has 0 spiro atoms. The lowest BCUT2D eigenvalue weighted by Crippen LogP contribution is -2.24. The second kappa shape index (κ2) is 9.04. The molecule has 0 bridgehead atoms. The Bertz CT molecular complexity index is 996. The zero-order valence-corrected chi connectivity index (χ0v) is 17.3. The Morgan fingerprint density at radius 1 is 1.00 bits per heavy atom. The van der Waals surface area contributed by atoms with Crippen molar-refractivity contribution in [3.63, 3.8) is 0 Å². The predicted molar refractivity (Wildman–Crippen MR) is 117 cm³/mol. The lowest BCUT2D eigenvalue weighted by atomic mass is 10.1. The number of thiophene rings is 1. The van der Waals surface area contributed by atoms with E-state index < -0.39 is 0 Å². The molecule has 0 atom stereocenters. The summed E-state index contributed by atoms with van der Waals surface area (Å²) in [5.74, 6) is -0.335. The average Bonchev–Trinajstić information content (AvgIpc) is 3.18. The molecule has 0 aliphatic rings. The molecule has 3 rings (SSSR count). The van der Waals surface area contributed by atoms with Gasteiger partial charge in [0.15, 0.2) is 0 Å². The SMILES string of the molecule is CCCNC(=O)c1ccc(C)c(NC(=O)c2ccc(-c3ccc(Cl)cc3)s2)c1. The number of carbonyl (C=O) groups is 2. The first-order chi connectivity index (χ1) is 13.5. The van der Waals surface area contributed by atoms with Gasteiger partial charge in [0.1, 0.15) is 0 Å². The maximum Gasteiger partial charge on any atom is 0.265 e. The fourth-order valence-corrected chi connectivity index (χ4v) is 3.68. The van der Waals surface area contributed by atoms with Gasteiger partial charge in [-0.2, -0.15) is 0 Å². The Hall–Kier alpha value is -2.63. The minimum absolute atomic E-state index is 0.140. The highest BCUT2D eigenvalue weighted by atomic mass is 35.5. The molecule has 6 heteroatoms. The molecule has 0 radical (unpaired) electrons. The van der Waals surface area contributed by atoms with Gasteiger partial charge in [-0.15, -0.1) is 11.3 Å². The second-order valence-electron chi connectivity index (χ2n) is 6.41. The average molecular weight is 413 g/mol. The van der Waals surface area contributed by atoms with Crippen molar-refractivity contribution < 1.29 is 9.59 Å². The number of carbonyl (C=O) groups excluding carboxylic acids is 2. The van der Waals surface area contributed by atoms with Crippen LogP contribution in [0.5, 0.6) is 0 Å². The van der Waals surface area contributed by atoms with E-state index >= 15 is 0 Å². The number of hydrogen-bond acceptors (Lipinski definition) is 3. The molecule has 4 nitrogen and oxygen atoms in total. The fourth-order valence-electron chi connectivity index (χ4n) is 2.65. The number of rotatable bonds is 6. The summed E-state index contributed by atoms with van der Waals surface area (Å²) in [6.45, 7) is 4.52. The highest BCUT2D eigenvalue weighted by Gasteiger charge is 2.14. The molecule has 0 saturated heterocycles. The quantitative estimate of drug-likeness (QED) is 0.540. The molecule has 0 aliphatic carbocycles. The molecule has 1 aromatic heterocycles. The minimum atomic E-state index is -0.195. The van der Waals surface area contributed by atoms with Crippen LogP contribution in [-0.2, 0) is 0 Å². The topological polar surface area (TPSA) is 58.2 Å². The fraction of sp³-hybridized carbons (Fsp3) is 0.182. The van der Waals surface area contributed by atoms with Crippen LogP contribution >= 0.6 is 22.9 Å². The Kier molecular flexibility index (Phi) is 6.49. The molecule has 2 N–H and O–H groups in total. The van der Waals surface area contributed by atoms with Crippen LogP contribution < -0.4 is 10.6 Å². The Morgan fingerprint density at radius 2 is 1.75 bits per heavy atom. The highest BCUT2D eigenvalue weighted by Crippen LogP contribution is 2.30. The standard InChI is InChI=1S/C22H21ClN2O2S/c1-3-12-24-21(26)16-5-4-14(2)18(13-16)25-22(27)20-11-10-19(28-20)15-6-8-17(23)9-7-15/h4-11,13H,3,12H2,1-2H3,(H,24,26)(H,25,27). The van der Waals surface area contributed by atoms with E-state index in [1.54, 1.807) is 18.2 Å². The van der Waals surface area contributed by atoms with Crippen molar-refractivity contribution in [1.82, 2.24) is 5.32 Å². The molecule has 3 aromatic rings. The Balaban J connectivity index is 1.76. The van der Waals surface area contributed by atoms with Crippen LogP contribution in [-0.4, -0.2) is 18.4 Å². The zero-order valence-electron chi connectivity index (χ0n) is 15.7. The third-order valence-corrected chi connectivity index (χ3v) is 5.63. The van der Waals surface area contributed by atoms with E-state index in [0.717, 1.165) is 22.4 Å². The molecule has 28 heavy (non-hydrogen) atoms. The third kappa shape index (κ3) is 4.80. The largest absolute Gasteiger partial charge is 0.352 e. The number of amides is 2. The van der Waals surface area contributed by atoms with E-state index in [1.807, 2.05) is 50.2 Å². The van der Waals surface area contributed by atoms with E-state index in [9.17, 15) is 9.59 Å². The van der Waals surface area contributed by atoms with Gasteiger partial charge in [-0.25, -0.2) is 0 Å². The third-order valence-electron chi connectivity index (χ3n) is 4.24. The van der Waals surface area contributed by atoms with Crippen molar-refractivity contribution in [2.45, 2.75) is 20.3 Å². The van der Waals surface area contributed by atoms with E-state index in [2.05, 4.69) is 10.6 Å². The van der Waals surface area contributed by atoms with Crippen molar-refractivity contribution in [2.24, 2.45) is 0 Å². The van der Waals surface area contributed by atoms with Crippen LogP contribution in [0.25, 0.3) is 10.4 Å². The van der Waals surface area contributed by atoms with Crippen molar-refractivity contribution >= 4 is 40.4 Å². The molecule has 2 aromatic carbocycles. The molecular formula is C22H21ClN2O2S. The molecule has 0 aliphatic heterocycles. The van der Waals surface area contributed by atoms with Crippen LogP contribution in [0.15, 0.2) is 54.6 Å². The van der Waals surface area contributed by atoms with Crippen molar-refractivity contribution in [3.8, 4) is 10.4 Å². The monoisotopic (exact) mass is 412 g/mol. The first kappa shape index (κ1) is 20.1. The summed E-state index contributed by atoms with van der Waals surface area (Å²) >= 11 is 7.35. The second-order valence-corrected chi connectivity index (χ2v) is 7.93. The van der Waals surface area contributed by atoms with Gasteiger partial charge in [0, 0.05) is 27.7 Å². The van der Waals surface area contributed by atoms with Gasteiger partial charge < -0.3 is 10.6 Å². The highest BCUT2D eigenvalue weighted by molar-refractivity contribution is 7.17. The Morgan fingerprint density at radius 3 is 2.46 bits per heavy atom. The Labute approximate surface area is 173 Å². The van der Waals surface area contributed by atoms with Crippen molar-refractivity contribution in [2.75, 3.05) is 11.9 Å². The van der Waals surface area contributed by atoms with E-state index in [1.165, 1.54) is 11.3 Å². The molecular weight excluding hydrogens is 392 g/mol.